The van der Waals surface area contributed by atoms with Crippen LogP contribution >= 0.6 is 0 Å². The molecule has 0 radical (unpaired) electrons. The molecule has 1 aromatic carbocycles. The molecular weight excluding hydrogens is 496 g/mol. The Kier molecular flexibility index (Phi) is 9.90. The number of phenolic OH excluding ortho intramolecular Hbond substituents is 2. The quantitative estimate of drug-likeness (QED) is 0.180. The molecule has 0 saturated heterocycles. The highest BCUT2D eigenvalue weighted by molar-refractivity contribution is 5.78. The van der Waals surface area contributed by atoms with Crippen molar-refractivity contribution in [1.29, 1.82) is 0 Å². The minimum Gasteiger partial charge on any atom is -0.508 e. The van der Waals surface area contributed by atoms with E-state index in [0.717, 1.165) is 10.6 Å². The van der Waals surface area contributed by atoms with Crippen molar-refractivity contribution >= 4 is 5.97 Å². The molecule has 0 aliphatic carbocycles. The number of carbonyl (C=O) groups excluding carboxylic acids is 1. The number of hydrogen-bond donors (Lipinski definition) is 6. The van der Waals surface area contributed by atoms with Gasteiger partial charge in [-0.05, 0) is 57.4 Å². The highest BCUT2D eigenvalue weighted by Crippen LogP contribution is 2.37. The van der Waals surface area contributed by atoms with Gasteiger partial charge >= 0.3 is 11.7 Å². The number of H-pyrrole nitrogens is 1. The number of esters is 1. The number of nitrogens with zero attached hydrogens (tertiary/aromatic N) is 1. The monoisotopic (exact) mass is 532 g/mol. The summed E-state index contributed by atoms with van der Waals surface area (Å²) in [4.78, 5) is 40.0. The van der Waals surface area contributed by atoms with Gasteiger partial charge in [-0.2, -0.15) is 0 Å². The third-order valence-corrected chi connectivity index (χ3v) is 6.87. The summed E-state index contributed by atoms with van der Waals surface area (Å²) in [6, 6.07) is 0.998. The first-order chi connectivity index (χ1) is 18.0. The van der Waals surface area contributed by atoms with Crippen LogP contribution < -0.4 is 16.0 Å². The lowest BCUT2D eigenvalue weighted by atomic mass is 9.92. The topological polar surface area (TPSA) is 182 Å². The SMILES string of the molecule is Cc1cn(C2CC(O)C/C=C\C(O)CC[C@@H](C)[C@@H](O)CCCc3cc(O)cc(O)c3OC2=O)c(=O)[nH]c1=O. The molecule has 0 bridgehead atoms. The summed E-state index contributed by atoms with van der Waals surface area (Å²) >= 11 is 0. The summed E-state index contributed by atoms with van der Waals surface area (Å²) in [6.07, 6.45) is 3.65. The van der Waals surface area contributed by atoms with Gasteiger partial charge < -0.3 is 30.3 Å². The van der Waals surface area contributed by atoms with E-state index in [2.05, 4.69) is 4.98 Å². The summed E-state index contributed by atoms with van der Waals surface area (Å²) in [7, 11) is 0. The molecule has 1 aliphatic rings. The second-order valence-corrected chi connectivity index (χ2v) is 10.0. The number of aromatic hydroxyl groups is 2. The van der Waals surface area contributed by atoms with Gasteiger partial charge in [0.15, 0.2) is 11.5 Å². The number of benzene rings is 1. The molecule has 208 valence electrons. The highest BCUT2D eigenvalue weighted by Gasteiger charge is 2.29. The van der Waals surface area contributed by atoms with E-state index < -0.39 is 47.3 Å². The van der Waals surface area contributed by atoms with Gasteiger partial charge in [-0.1, -0.05) is 19.1 Å². The number of aryl methyl sites for hydroxylation is 2. The largest absolute Gasteiger partial charge is 0.508 e. The maximum absolute atomic E-state index is 13.4. The first-order valence-electron chi connectivity index (χ1n) is 12.8. The van der Waals surface area contributed by atoms with Gasteiger partial charge in [-0.25, -0.2) is 9.59 Å². The van der Waals surface area contributed by atoms with E-state index in [1.807, 2.05) is 6.92 Å². The summed E-state index contributed by atoms with van der Waals surface area (Å²) < 4.78 is 6.52. The Balaban J connectivity index is 2.02. The Morgan fingerprint density at radius 1 is 1.05 bits per heavy atom. The normalized spacial score (nSPS) is 27.0. The Morgan fingerprint density at radius 2 is 1.79 bits per heavy atom. The lowest BCUT2D eigenvalue weighted by Crippen LogP contribution is -2.39. The van der Waals surface area contributed by atoms with E-state index in [-0.39, 0.29) is 42.2 Å². The lowest BCUT2D eigenvalue weighted by Gasteiger charge is -2.23. The van der Waals surface area contributed by atoms with Crippen LogP contribution in [0.2, 0.25) is 0 Å². The van der Waals surface area contributed by atoms with Crippen LogP contribution in [0.4, 0.5) is 0 Å². The van der Waals surface area contributed by atoms with E-state index in [0.29, 0.717) is 31.2 Å². The van der Waals surface area contributed by atoms with Crippen molar-refractivity contribution in [3.8, 4) is 17.2 Å². The summed E-state index contributed by atoms with van der Waals surface area (Å²) in [5.74, 6) is -1.99. The predicted octanol–water partition coefficient (Wildman–Crippen LogP) is 1.57. The van der Waals surface area contributed by atoms with Crippen molar-refractivity contribution in [1.82, 2.24) is 9.55 Å². The Bertz CT molecular complexity index is 1270. The highest BCUT2D eigenvalue weighted by atomic mass is 16.5. The molecule has 2 heterocycles. The van der Waals surface area contributed by atoms with Gasteiger partial charge in [-0.15, -0.1) is 0 Å². The molecule has 11 heteroatoms. The predicted molar refractivity (Wildman–Crippen MR) is 138 cm³/mol. The van der Waals surface area contributed by atoms with Crippen LogP contribution in [-0.2, 0) is 11.2 Å². The van der Waals surface area contributed by atoms with Crippen LogP contribution in [0.5, 0.6) is 17.2 Å². The molecular formula is C27H36N2O9. The fraction of sp³-hybridized carbons (Fsp3) is 0.519. The minimum absolute atomic E-state index is 0.0613. The Hall–Kier alpha value is -3.41. The van der Waals surface area contributed by atoms with Crippen LogP contribution in [0.25, 0.3) is 0 Å². The van der Waals surface area contributed by atoms with Crippen LogP contribution in [0.3, 0.4) is 0 Å². The van der Waals surface area contributed by atoms with Crippen LogP contribution in [0.15, 0.2) is 40.1 Å². The van der Waals surface area contributed by atoms with Gasteiger partial charge in [-0.3, -0.25) is 14.3 Å². The second-order valence-electron chi connectivity index (χ2n) is 10.0. The van der Waals surface area contributed by atoms with Crippen molar-refractivity contribution < 1.29 is 35.1 Å². The maximum Gasteiger partial charge on any atom is 0.334 e. The van der Waals surface area contributed by atoms with Crippen molar-refractivity contribution in [2.75, 3.05) is 0 Å². The van der Waals surface area contributed by atoms with Crippen LogP contribution in [0.1, 0.15) is 62.6 Å². The van der Waals surface area contributed by atoms with Gasteiger partial charge in [0, 0.05) is 29.8 Å². The molecule has 0 saturated carbocycles. The van der Waals surface area contributed by atoms with Gasteiger partial charge in [0.1, 0.15) is 11.8 Å². The molecule has 38 heavy (non-hydrogen) atoms. The molecule has 0 fully saturated rings. The van der Waals surface area contributed by atoms with Gasteiger partial charge in [0.2, 0.25) is 0 Å². The number of fused-ring (bicyclic) bond motifs is 1. The molecule has 6 N–H and O–H groups in total. The number of rotatable bonds is 1. The fourth-order valence-corrected chi connectivity index (χ4v) is 4.52. The standard InChI is InChI=1S/C27H36N2O9/c1-15-9-10-18(30)6-4-7-19(31)12-21(29-14-16(2)25(35)28-27(29)37)26(36)38-24-17(5-3-8-22(15)33)11-20(32)13-23(24)34/h4,6,11,13-15,18-19,21-22,30-34H,3,5,7-10,12H2,1-2H3,(H,28,35,37)/b6-4-/t15-,18?,19?,21?,22+/m1/s1. The van der Waals surface area contributed by atoms with E-state index >= 15 is 0 Å². The Morgan fingerprint density at radius 3 is 2.53 bits per heavy atom. The number of aliphatic hydroxyl groups excluding tert-OH is 3. The molecule has 3 unspecified atom stereocenters. The number of phenols is 2. The molecule has 3 rings (SSSR count). The lowest BCUT2D eigenvalue weighted by molar-refractivity contribution is -0.139. The number of aromatic nitrogens is 2. The molecule has 0 amide bonds. The number of aliphatic hydroxyl groups is 3. The minimum atomic E-state index is -1.37. The van der Waals surface area contributed by atoms with Crippen molar-refractivity contribution in [3.63, 3.8) is 0 Å². The third kappa shape index (κ3) is 7.56. The number of carbonyl (C=O) groups is 1. The molecule has 1 aliphatic heterocycles. The number of nitrogens with one attached hydrogen (secondary N) is 1. The Labute approximate surface area is 219 Å². The van der Waals surface area contributed by atoms with Crippen LogP contribution in [0, 0.1) is 12.8 Å². The van der Waals surface area contributed by atoms with E-state index in [9.17, 15) is 39.9 Å². The first-order valence-corrected chi connectivity index (χ1v) is 12.8. The number of hydrogen-bond acceptors (Lipinski definition) is 9. The van der Waals surface area contributed by atoms with E-state index in [1.165, 1.54) is 25.3 Å². The van der Waals surface area contributed by atoms with Gasteiger partial charge in [0.25, 0.3) is 5.56 Å². The average Bonchev–Trinajstić information content (AvgIpc) is 2.84. The molecule has 2 aromatic rings. The maximum atomic E-state index is 13.4. The van der Waals surface area contributed by atoms with E-state index in [1.54, 1.807) is 6.08 Å². The summed E-state index contributed by atoms with van der Waals surface area (Å²) in [5.41, 5.74) is -1.01. The second kappa shape index (κ2) is 12.9. The molecule has 1 aromatic heterocycles. The first kappa shape index (κ1) is 29.2. The van der Waals surface area contributed by atoms with Crippen molar-refractivity contribution in [2.24, 2.45) is 5.92 Å². The third-order valence-electron chi connectivity index (χ3n) is 6.87. The smallest absolute Gasteiger partial charge is 0.334 e. The zero-order valence-electron chi connectivity index (χ0n) is 21.5. The summed E-state index contributed by atoms with van der Waals surface area (Å²) in [6.45, 7) is 3.35. The van der Waals surface area contributed by atoms with Crippen LogP contribution in [-0.4, -0.2) is 59.4 Å². The number of aromatic amines is 1. The van der Waals surface area contributed by atoms with Crippen molar-refractivity contribution in [2.45, 2.75) is 83.1 Å². The zero-order valence-corrected chi connectivity index (χ0v) is 21.5. The molecule has 0 spiro atoms. The number of ether oxygens (including phenoxy) is 1. The van der Waals surface area contributed by atoms with Crippen molar-refractivity contribution in [3.05, 3.63) is 62.4 Å². The van der Waals surface area contributed by atoms with Gasteiger partial charge in [0.05, 0.1) is 18.3 Å². The molecule has 11 nitrogen and oxygen atoms in total. The average molecular weight is 533 g/mol. The molecule has 5 atom stereocenters. The summed E-state index contributed by atoms with van der Waals surface area (Å²) in [5, 5.41) is 52.0. The van der Waals surface area contributed by atoms with E-state index in [4.69, 9.17) is 4.74 Å². The zero-order chi connectivity index (χ0) is 28.0. The fourth-order valence-electron chi connectivity index (χ4n) is 4.52.